The quantitative estimate of drug-likeness (QED) is 0.792. The monoisotopic (exact) mass is 375 g/mol. The summed E-state index contributed by atoms with van der Waals surface area (Å²) >= 11 is 0. The van der Waals surface area contributed by atoms with Gasteiger partial charge in [0.05, 0.1) is 6.61 Å². The van der Waals surface area contributed by atoms with Crippen LogP contribution in [0.1, 0.15) is 38.7 Å². The van der Waals surface area contributed by atoms with Gasteiger partial charge in [0.1, 0.15) is 0 Å². The lowest BCUT2D eigenvalue weighted by Crippen LogP contribution is -2.49. The van der Waals surface area contributed by atoms with Gasteiger partial charge in [0.2, 0.25) is 11.8 Å². The molecule has 0 aliphatic carbocycles. The van der Waals surface area contributed by atoms with Crippen LogP contribution in [0.25, 0.3) is 0 Å². The van der Waals surface area contributed by atoms with E-state index in [-0.39, 0.29) is 30.4 Å². The van der Waals surface area contributed by atoms with E-state index >= 15 is 0 Å². The van der Waals surface area contributed by atoms with Gasteiger partial charge in [-0.2, -0.15) is 0 Å². The number of nitrogens with one attached hydrogen (secondary N) is 1. The highest BCUT2D eigenvalue weighted by atomic mass is 16.6. The lowest BCUT2D eigenvalue weighted by molar-refractivity contribution is -0.132. The molecule has 1 aromatic carbocycles. The molecule has 1 N–H and O–H groups in total. The number of hydrogen-bond donors (Lipinski definition) is 1. The molecule has 27 heavy (non-hydrogen) atoms. The minimum Gasteiger partial charge on any atom is -0.450 e. The SMILES string of the molecule is CCOC(=O)N1CCC(N(CCC(=O)NCc2ccccc2)C(C)=O)CC1. The Balaban J connectivity index is 1.77. The van der Waals surface area contributed by atoms with Crippen LogP contribution in [0.5, 0.6) is 0 Å². The molecular weight excluding hydrogens is 346 g/mol. The van der Waals surface area contributed by atoms with E-state index in [9.17, 15) is 14.4 Å². The minimum atomic E-state index is -0.300. The molecule has 0 aromatic heterocycles. The highest BCUT2D eigenvalue weighted by molar-refractivity contribution is 5.78. The van der Waals surface area contributed by atoms with Gasteiger partial charge >= 0.3 is 6.09 Å². The van der Waals surface area contributed by atoms with Crippen LogP contribution in [0, 0.1) is 0 Å². The van der Waals surface area contributed by atoms with Crippen LogP contribution in [0.4, 0.5) is 4.79 Å². The molecule has 3 amide bonds. The second-order valence-corrected chi connectivity index (χ2v) is 6.64. The zero-order valence-corrected chi connectivity index (χ0v) is 16.1. The summed E-state index contributed by atoms with van der Waals surface area (Å²) in [5, 5.41) is 2.89. The second-order valence-electron chi connectivity index (χ2n) is 6.64. The summed E-state index contributed by atoms with van der Waals surface area (Å²) in [5.41, 5.74) is 1.04. The predicted molar refractivity (Wildman–Crippen MR) is 102 cm³/mol. The summed E-state index contributed by atoms with van der Waals surface area (Å²) in [6.07, 6.45) is 1.36. The molecule has 7 nitrogen and oxygen atoms in total. The number of ether oxygens (including phenoxy) is 1. The van der Waals surface area contributed by atoms with Crippen molar-refractivity contribution in [1.82, 2.24) is 15.1 Å². The number of carbonyl (C=O) groups is 3. The molecule has 0 radical (unpaired) electrons. The van der Waals surface area contributed by atoms with Crippen LogP contribution in [-0.4, -0.2) is 60.0 Å². The maximum atomic E-state index is 12.1. The van der Waals surface area contributed by atoms with Gasteiger partial charge in [-0.15, -0.1) is 0 Å². The van der Waals surface area contributed by atoms with Crippen LogP contribution in [0.3, 0.4) is 0 Å². The van der Waals surface area contributed by atoms with Crippen molar-refractivity contribution in [3.8, 4) is 0 Å². The molecule has 0 spiro atoms. The number of amides is 3. The van der Waals surface area contributed by atoms with Crippen molar-refractivity contribution in [3.63, 3.8) is 0 Å². The Labute approximate surface area is 160 Å². The fraction of sp³-hybridized carbons (Fsp3) is 0.550. The molecule has 7 heteroatoms. The zero-order chi connectivity index (χ0) is 19.6. The summed E-state index contributed by atoms with van der Waals surface area (Å²) < 4.78 is 5.02. The summed E-state index contributed by atoms with van der Waals surface area (Å²) in [5.74, 6) is -0.116. The Morgan fingerprint density at radius 1 is 1.19 bits per heavy atom. The normalized spacial score (nSPS) is 14.5. The average molecular weight is 375 g/mol. The van der Waals surface area contributed by atoms with E-state index in [1.54, 1.807) is 16.7 Å². The van der Waals surface area contributed by atoms with Crippen molar-refractivity contribution >= 4 is 17.9 Å². The second kappa shape index (κ2) is 10.5. The van der Waals surface area contributed by atoms with Crippen LogP contribution < -0.4 is 5.32 Å². The maximum absolute atomic E-state index is 12.1. The van der Waals surface area contributed by atoms with Gasteiger partial charge in [-0.3, -0.25) is 9.59 Å². The van der Waals surface area contributed by atoms with E-state index in [4.69, 9.17) is 4.74 Å². The van der Waals surface area contributed by atoms with Crippen LogP contribution >= 0.6 is 0 Å². The van der Waals surface area contributed by atoms with Gasteiger partial charge in [0.25, 0.3) is 0 Å². The number of rotatable bonds is 7. The van der Waals surface area contributed by atoms with Crippen molar-refractivity contribution in [2.75, 3.05) is 26.2 Å². The molecule has 0 atom stereocenters. The highest BCUT2D eigenvalue weighted by Gasteiger charge is 2.28. The maximum Gasteiger partial charge on any atom is 0.409 e. The largest absolute Gasteiger partial charge is 0.450 e. The Bertz CT molecular complexity index is 627. The molecule has 1 aliphatic heterocycles. The molecular formula is C20H29N3O4. The van der Waals surface area contributed by atoms with Crippen molar-refractivity contribution < 1.29 is 19.1 Å². The molecule has 1 aliphatic rings. The summed E-state index contributed by atoms with van der Waals surface area (Å²) in [6.45, 7) is 5.67. The Morgan fingerprint density at radius 2 is 1.85 bits per heavy atom. The number of hydrogen-bond acceptors (Lipinski definition) is 4. The Morgan fingerprint density at radius 3 is 2.44 bits per heavy atom. The lowest BCUT2D eigenvalue weighted by Gasteiger charge is -2.37. The van der Waals surface area contributed by atoms with Gasteiger partial charge < -0.3 is 19.9 Å². The number of piperidine rings is 1. The molecule has 0 saturated carbocycles. The topological polar surface area (TPSA) is 79.0 Å². The average Bonchev–Trinajstić information content (AvgIpc) is 2.68. The van der Waals surface area contributed by atoms with E-state index in [0.717, 1.165) is 5.56 Å². The fourth-order valence-electron chi connectivity index (χ4n) is 3.28. The zero-order valence-electron chi connectivity index (χ0n) is 16.1. The van der Waals surface area contributed by atoms with E-state index in [1.807, 2.05) is 30.3 Å². The lowest BCUT2D eigenvalue weighted by atomic mass is 10.0. The van der Waals surface area contributed by atoms with Crippen molar-refractivity contribution in [1.29, 1.82) is 0 Å². The number of carbonyl (C=O) groups excluding carboxylic acids is 3. The summed E-state index contributed by atoms with van der Waals surface area (Å²) in [4.78, 5) is 39.4. The van der Waals surface area contributed by atoms with Gasteiger partial charge in [-0.1, -0.05) is 30.3 Å². The first-order chi connectivity index (χ1) is 13.0. The third kappa shape index (κ3) is 6.58. The van der Waals surface area contributed by atoms with Crippen LogP contribution in [-0.2, 0) is 20.9 Å². The third-order valence-electron chi connectivity index (χ3n) is 4.75. The smallest absolute Gasteiger partial charge is 0.409 e. The molecule has 1 saturated heterocycles. The van der Waals surface area contributed by atoms with Crippen molar-refractivity contribution in [3.05, 3.63) is 35.9 Å². The first-order valence-electron chi connectivity index (χ1n) is 9.50. The van der Waals surface area contributed by atoms with Crippen molar-refractivity contribution in [2.45, 2.75) is 45.7 Å². The molecule has 0 unspecified atom stereocenters. The first-order valence-corrected chi connectivity index (χ1v) is 9.50. The number of likely N-dealkylation sites (tertiary alicyclic amines) is 1. The standard InChI is InChI=1S/C20H29N3O4/c1-3-27-20(26)22-12-9-18(10-13-22)23(16(2)24)14-11-19(25)21-15-17-7-5-4-6-8-17/h4-8,18H,3,9-15H2,1-2H3,(H,21,25). The van der Waals surface area contributed by atoms with E-state index < -0.39 is 0 Å². The summed E-state index contributed by atoms with van der Waals surface area (Å²) in [6, 6.07) is 9.76. The van der Waals surface area contributed by atoms with Crippen molar-refractivity contribution in [2.24, 2.45) is 0 Å². The number of nitrogens with zero attached hydrogens (tertiary/aromatic N) is 2. The highest BCUT2D eigenvalue weighted by Crippen LogP contribution is 2.18. The van der Waals surface area contributed by atoms with E-state index in [0.29, 0.717) is 45.6 Å². The van der Waals surface area contributed by atoms with Gasteiger partial charge in [-0.05, 0) is 25.3 Å². The first kappa shape index (κ1) is 20.7. The molecule has 2 rings (SSSR count). The molecule has 1 aromatic rings. The molecule has 1 fully saturated rings. The van der Waals surface area contributed by atoms with Gasteiger partial charge in [0, 0.05) is 45.6 Å². The molecule has 148 valence electrons. The van der Waals surface area contributed by atoms with Gasteiger partial charge in [0.15, 0.2) is 0 Å². The predicted octanol–water partition coefficient (Wildman–Crippen LogP) is 2.16. The summed E-state index contributed by atoms with van der Waals surface area (Å²) in [7, 11) is 0. The van der Waals surface area contributed by atoms with Gasteiger partial charge in [-0.25, -0.2) is 4.79 Å². The number of benzene rings is 1. The van der Waals surface area contributed by atoms with Crippen LogP contribution in [0.2, 0.25) is 0 Å². The Kier molecular flexibility index (Phi) is 8.10. The Hall–Kier alpha value is -2.57. The molecule has 0 bridgehead atoms. The minimum absolute atomic E-state index is 0.0413. The van der Waals surface area contributed by atoms with E-state index in [1.165, 1.54) is 6.92 Å². The molecule has 1 heterocycles. The third-order valence-corrected chi connectivity index (χ3v) is 4.75. The van der Waals surface area contributed by atoms with E-state index in [2.05, 4.69) is 5.32 Å². The van der Waals surface area contributed by atoms with Crippen LogP contribution in [0.15, 0.2) is 30.3 Å². The fourth-order valence-corrected chi connectivity index (χ4v) is 3.28.